The third-order valence-corrected chi connectivity index (χ3v) is 2.34. The molecule has 0 N–H and O–H groups in total. The van der Waals surface area contributed by atoms with Crippen molar-refractivity contribution in [3.05, 3.63) is 11.8 Å². The van der Waals surface area contributed by atoms with Gasteiger partial charge in [0, 0.05) is 7.11 Å². The van der Waals surface area contributed by atoms with Crippen LogP contribution in [-0.4, -0.2) is 44.5 Å². The van der Waals surface area contributed by atoms with Crippen LogP contribution in [-0.2, 0) is 19.0 Å². The molecule has 6 nitrogen and oxygen atoms in total. The Hall–Kier alpha value is -1.56. The van der Waals surface area contributed by atoms with Crippen LogP contribution >= 0.6 is 0 Å². The van der Waals surface area contributed by atoms with Gasteiger partial charge in [0.25, 0.3) is 0 Å². The molecule has 0 fully saturated rings. The van der Waals surface area contributed by atoms with Crippen LogP contribution in [0.4, 0.5) is 4.79 Å². The summed E-state index contributed by atoms with van der Waals surface area (Å²) in [5.41, 5.74) is 0.160. The van der Waals surface area contributed by atoms with Crippen molar-refractivity contribution in [1.29, 1.82) is 0 Å². The zero-order chi connectivity index (χ0) is 12.1. The molecule has 6 heteroatoms. The molecule has 0 radical (unpaired) electrons. The van der Waals surface area contributed by atoms with Gasteiger partial charge in [-0.25, -0.2) is 14.5 Å². The average molecular weight is 229 g/mol. The summed E-state index contributed by atoms with van der Waals surface area (Å²) in [5, 5.41) is 0. The van der Waals surface area contributed by atoms with E-state index in [4.69, 9.17) is 4.74 Å². The van der Waals surface area contributed by atoms with E-state index < -0.39 is 18.3 Å². The zero-order valence-electron chi connectivity index (χ0n) is 9.56. The van der Waals surface area contributed by atoms with Crippen LogP contribution in [0.25, 0.3) is 0 Å². The van der Waals surface area contributed by atoms with E-state index in [2.05, 4.69) is 9.47 Å². The molecule has 90 valence electrons. The summed E-state index contributed by atoms with van der Waals surface area (Å²) in [5.74, 6) is -0.577. The second-order valence-corrected chi connectivity index (χ2v) is 3.19. The number of carbonyl (C=O) groups is 2. The first-order chi connectivity index (χ1) is 7.65. The second-order valence-electron chi connectivity index (χ2n) is 3.19. The number of nitrogens with zero attached hydrogens (tertiary/aromatic N) is 1. The summed E-state index contributed by atoms with van der Waals surface area (Å²) in [7, 11) is 3.98. The van der Waals surface area contributed by atoms with Gasteiger partial charge < -0.3 is 14.2 Å². The molecule has 0 aromatic rings. The monoisotopic (exact) mass is 229 g/mol. The van der Waals surface area contributed by atoms with E-state index >= 15 is 0 Å². The maximum absolute atomic E-state index is 11.5. The van der Waals surface area contributed by atoms with Gasteiger partial charge in [-0.15, -0.1) is 0 Å². The quantitative estimate of drug-likeness (QED) is 0.657. The predicted molar refractivity (Wildman–Crippen MR) is 54.4 cm³/mol. The van der Waals surface area contributed by atoms with Crippen LogP contribution in [0.2, 0.25) is 0 Å². The smallest absolute Gasteiger partial charge is 0.416 e. The molecule has 0 aromatic heterocycles. The van der Waals surface area contributed by atoms with Crippen LogP contribution in [0, 0.1) is 0 Å². The van der Waals surface area contributed by atoms with Gasteiger partial charge >= 0.3 is 12.1 Å². The minimum absolute atomic E-state index is 0.160. The number of methoxy groups -OCH3 is 3. The lowest BCUT2D eigenvalue weighted by atomic mass is 10.1. The topological polar surface area (TPSA) is 65.1 Å². The lowest BCUT2D eigenvalue weighted by molar-refractivity contribution is -0.140. The standard InChI is InChI=1S/C10H15NO5/c1-14-8-6-4-5-7(9(12)15-2)11(8)10(13)16-3/h5,8H,4,6H2,1-3H3/t8-/m0/s1. The van der Waals surface area contributed by atoms with E-state index in [1.54, 1.807) is 6.08 Å². The Bertz CT molecular complexity index is 312. The fourth-order valence-electron chi connectivity index (χ4n) is 1.57. The first kappa shape index (κ1) is 12.5. The summed E-state index contributed by atoms with van der Waals surface area (Å²) in [6.45, 7) is 0. The highest BCUT2D eigenvalue weighted by molar-refractivity contribution is 5.92. The van der Waals surface area contributed by atoms with Crippen molar-refractivity contribution < 1.29 is 23.8 Å². The maximum Gasteiger partial charge on any atom is 0.416 e. The van der Waals surface area contributed by atoms with Crippen LogP contribution in [0.15, 0.2) is 11.8 Å². The minimum Gasteiger partial charge on any atom is -0.464 e. The first-order valence-corrected chi connectivity index (χ1v) is 4.84. The number of ether oxygens (including phenoxy) is 3. The SMILES string of the molecule is COC(=O)C1=CCC[C@H](OC)N1C(=O)OC. The van der Waals surface area contributed by atoms with Gasteiger partial charge in [0.2, 0.25) is 0 Å². The molecule has 0 saturated carbocycles. The van der Waals surface area contributed by atoms with Crippen molar-refractivity contribution in [2.24, 2.45) is 0 Å². The van der Waals surface area contributed by atoms with Crippen molar-refractivity contribution in [3.63, 3.8) is 0 Å². The fourth-order valence-corrected chi connectivity index (χ4v) is 1.57. The molecule has 1 aliphatic heterocycles. The molecular formula is C10H15NO5. The van der Waals surface area contributed by atoms with Gasteiger partial charge in [-0.05, 0) is 12.8 Å². The van der Waals surface area contributed by atoms with Crippen molar-refractivity contribution in [1.82, 2.24) is 4.90 Å². The van der Waals surface area contributed by atoms with Crippen LogP contribution in [0.3, 0.4) is 0 Å². The Morgan fingerprint density at radius 1 is 1.31 bits per heavy atom. The molecule has 16 heavy (non-hydrogen) atoms. The third kappa shape index (κ3) is 2.33. The number of hydrogen-bond donors (Lipinski definition) is 0. The molecule has 1 atom stereocenters. The summed E-state index contributed by atoms with van der Waals surface area (Å²) in [6.07, 6.45) is 1.77. The number of rotatable bonds is 2. The maximum atomic E-state index is 11.5. The summed E-state index contributed by atoms with van der Waals surface area (Å²) >= 11 is 0. The minimum atomic E-state index is -0.636. The van der Waals surface area contributed by atoms with Gasteiger partial charge in [-0.1, -0.05) is 6.08 Å². The van der Waals surface area contributed by atoms with E-state index in [0.717, 1.165) is 4.90 Å². The Labute approximate surface area is 93.8 Å². The molecule has 0 unspecified atom stereocenters. The lowest BCUT2D eigenvalue weighted by Gasteiger charge is -2.32. The Balaban J connectivity index is 2.98. The predicted octanol–water partition coefficient (Wildman–Crippen LogP) is 0.878. The molecule has 1 aliphatic rings. The van der Waals surface area contributed by atoms with Gasteiger partial charge in [-0.3, -0.25) is 0 Å². The molecule has 1 amide bonds. The average Bonchev–Trinajstić information content (AvgIpc) is 2.35. The van der Waals surface area contributed by atoms with Crippen LogP contribution < -0.4 is 0 Å². The van der Waals surface area contributed by atoms with Gasteiger partial charge in [0.05, 0.1) is 14.2 Å². The van der Waals surface area contributed by atoms with Crippen molar-refractivity contribution in [3.8, 4) is 0 Å². The van der Waals surface area contributed by atoms with Gasteiger partial charge in [-0.2, -0.15) is 0 Å². The number of esters is 1. The van der Waals surface area contributed by atoms with E-state index in [0.29, 0.717) is 12.8 Å². The number of allylic oxidation sites excluding steroid dienone is 1. The zero-order valence-corrected chi connectivity index (χ0v) is 9.56. The second kappa shape index (κ2) is 5.50. The Morgan fingerprint density at radius 2 is 2.00 bits per heavy atom. The molecule has 1 heterocycles. The van der Waals surface area contributed by atoms with Gasteiger partial charge in [0.15, 0.2) is 0 Å². The van der Waals surface area contributed by atoms with Crippen molar-refractivity contribution >= 4 is 12.1 Å². The summed E-state index contributed by atoms with van der Waals surface area (Å²) in [4.78, 5) is 24.2. The Morgan fingerprint density at radius 3 is 2.50 bits per heavy atom. The number of hydrogen-bond acceptors (Lipinski definition) is 5. The van der Waals surface area contributed by atoms with Crippen LogP contribution in [0.1, 0.15) is 12.8 Å². The lowest BCUT2D eigenvalue weighted by Crippen LogP contribution is -2.45. The Kier molecular flexibility index (Phi) is 4.30. The highest BCUT2D eigenvalue weighted by atomic mass is 16.6. The first-order valence-electron chi connectivity index (χ1n) is 4.84. The van der Waals surface area contributed by atoms with Gasteiger partial charge in [0.1, 0.15) is 11.9 Å². The van der Waals surface area contributed by atoms with E-state index in [-0.39, 0.29) is 5.70 Å². The molecule has 0 aromatic carbocycles. The highest BCUT2D eigenvalue weighted by Gasteiger charge is 2.34. The highest BCUT2D eigenvalue weighted by Crippen LogP contribution is 2.23. The van der Waals surface area contributed by atoms with E-state index in [9.17, 15) is 9.59 Å². The normalized spacial score (nSPS) is 20.1. The fraction of sp³-hybridized carbons (Fsp3) is 0.600. The van der Waals surface area contributed by atoms with Crippen LogP contribution in [0.5, 0.6) is 0 Å². The van der Waals surface area contributed by atoms with Crippen molar-refractivity contribution in [2.75, 3.05) is 21.3 Å². The molecule has 1 rings (SSSR count). The summed E-state index contributed by atoms with van der Waals surface area (Å²) < 4.78 is 14.3. The van der Waals surface area contributed by atoms with E-state index in [1.165, 1.54) is 21.3 Å². The largest absolute Gasteiger partial charge is 0.464 e. The number of carbonyl (C=O) groups excluding carboxylic acids is 2. The molecule has 0 saturated heterocycles. The third-order valence-electron chi connectivity index (χ3n) is 2.34. The van der Waals surface area contributed by atoms with E-state index in [1.807, 2.05) is 0 Å². The molecular weight excluding hydrogens is 214 g/mol. The summed E-state index contributed by atoms with van der Waals surface area (Å²) in [6, 6.07) is 0. The van der Waals surface area contributed by atoms with Crippen molar-refractivity contribution in [2.45, 2.75) is 19.1 Å². The molecule has 0 bridgehead atoms. The molecule has 0 spiro atoms. The molecule has 0 aliphatic carbocycles. The number of amides is 1.